The first-order valence-corrected chi connectivity index (χ1v) is 6.26. The summed E-state index contributed by atoms with van der Waals surface area (Å²) in [5.74, 6) is -0.676. The molecule has 1 fully saturated rings. The first kappa shape index (κ1) is 14.0. The molecular formula is C12H22N2O3. The molecule has 17 heavy (non-hydrogen) atoms. The molecule has 2 N–H and O–H groups in total. The van der Waals surface area contributed by atoms with Gasteiger partial charge in [0.05, 0.1) is 12.0 Å². The summed E-state index contributed by atoms with van der Waals surface area (Å²) >= 11 is 0. The number of carboxylic acids is 1. The van der Waals surface area contributed by atoms with E-state index >= 15 is 0 Å². The van der Waals surface area contributed by atoms with Gasteiger partial charge in [-0.3, -0.25) is 14.5 Å². The van der Waals surface area contributed by atoms with Crippen LogP contribution in [0.1, 0.15) is 33.1 Å². The van der Waals surface area contributed by atoms with Crippen molar-refractivity contribution in [1.29, 1.82) is 0 Å². The maximum atomic E-state index is 11.4. The number of likely N-dealkylation sites (tertiary alicyclic amines) is 1. The fraction of sp³-hybridized carbons (Fsp3) is 0.833. The Morgan fingerprint density at radius 2 is 1.88 bits per heavy atom. The number of likely N-dealkylation sites (N-methyl/N-ethyl adjacent to an activating group) is 1. The summed E-state index contributed by atoms with van der Waals surface area (Å²) in [6.07, 6.45) is 1.94. The zero-order valence-electron chi connectivity index (χ0n) is 10.7. The van der Waals surface area contributed by atoms with Crippen LogP contribution in [0.4, 0.5) is 0 Å². The largest absolute Gasteiger partial charge is 0.481 e. The smallest absolute Gasteiger partial charge is 0.309 e. The van der Waals surface area contributed by atoms with E-state index in [0.717, 1.165) is 0 Å². The third-order valence-electron chi connectivity index (χ3n) is 3.68. The minimum absolute atomic E-state index is 0.0202. The second kappa shape index (κ2) is 6.00. The van der Waals surface area contributed by atoms with Crippen LogP contribution in [0.15, 0.2) is 0 Å². The van der Waals surface area contributed by atoms with Gasteiger partial charge in [0, 0.05) is 6.54 Å². The van der Waals surface area contributed by atoms with Crippen molar-refractivity contribution in [3.8, 4) is 0 Å². The van der Waals surface area contributed by atoms with Crippen molar-refractivity contribution < 1.29 is 14.7 Å². The standard InChI is InChI=1S/C12H22N2O3/c1-3-12(11(16)17)5-7-14(8-6-12)9-10(15)13-4-2/h3-9H2,1-2H3,(H,13,15)(H,16,17). The molecule has 0 aromatic rings. The Morgan fingerprint density at radius 1 is 1.29 bits per heavy atom. The average Bonchev–Trinajstić information content (AvgIpc) is 2.30. The van der Waals surface area contributed by atoms with Gasteiger partial charge in [-0.2, -0.15) is 0 Å². The lowest BCUT2D eigenvalue weighted by Gasteiger charge is -2.37. The fourth-order valence-corrected chi connectivity index (χ4v) is 2.31. The first-order valence-electron chi connectivity index (χ1n) is 6.26. The molecule has 0 spiro atoms. The Hall–Kier alpha value is -1.10. The number of hydrogen-bond acceptors (Lipinski definition) is 3. The third-order valence-corrected chi connectivity index (χ3v) is 3.68. The highest BCUT2D eigenvalue weighted by Crippen LogP contribution is 2.34. The molecule has 0 aliphatic carbocycles. The minimum Gasteiger partial charge on any atom is -0.481 e. The third kappa shape index (κ3) is 3.43. The topological polar surface area (TPSA) is 69.6 Å². The molecule has 0 aromatic carbocycles. The minimum atomic E-state index is -0.697. The molecule has 0 radical (unpaired) electrons. The van der Waals surface area contributed by atoms with Crippen LogP contribution in [-0.2, 0) is 9.59 Å². The van der Waals surface area contributed by atoms with Crippen LogP contribution >= 0.6 is 0 Å². The predicted molar refractivity (Wildman–Crippen MR) is 64.7 cm³/mol. The molecule has 1 saturated heterocycles. The summed E-state index contributed by atoms with van der Waals surface area (Å²) < 4.78 is 0. The van der Waals surface area contributed by atoms with Gasteiger partial charge in [-0.05, 0) is 39.3 Å². The van der Waals surface area contributed by atoms with Gasteiger partial charge in [0.1, 0.15) is 0 Å². The number of hydrogen-bond donors (Lipinski definition) is 2. The van der Waals surface area contributed by atoms with Crippen molar-refractivity contribution >= 4 is 11.9 Å². The first-order chi connectivity index (χ1) is 8.04. The lowest BCUT2D eigenvalue weighted by atomic mass is 9.76. The van der Waals surface area contributed by atoms with E-state index in [1.807, 2.05) is 18.7 Å². The van der Waals surface area contributed by atoms with E-state index in [0.29, 0.717) is 45.4 Å². The SMILES string of the molecule is CCNC(=O)CN1CCC(CC)(C(=O)O)CC1. The van der Waals surface area contributed by atoms with Gasteiger partial charge in [0.25, 0.3) is 0 Å². The summed E-state index contributed by atoms with van der Waals surface area (Å²) in [4.78, 5) is 24.7. The fourth-order valence-electron chi connectivity index (χ4n) is 2.31. The predicted octanol–water partition coefficient (Wildman–Crippen LogP) is 0.699. The maximum absolute atomic E-state index is 11.4. The van der Waals surface area contributed by atoms with Gasteiger partial charge in [-0.1, -0.05) is 6.92 Å². The van der Waals surface area contributed by atoms with Crippen LogP contribution in [0, 0.1) is 5.41 Å². The second-order valence-corrected chi connectivity index (χ2v) is 4.67. The zero-order chi connectivity index (χ0) is 12.9. The van der Waals surface area contributed by atoms with Crippen molar-refractivity contribution in [2.75, 3.05) is 26.2 Å². The number of nitrogens with zero attached hydrogens (tertiary/aromatic N) is 1. The van der Waals surface area contributed by atoms with Crippen LogP contribution in [0.25, 0.3) is 0 Å². The molecule has 5 nitrogen and oxygen atoms in total. The summed E-state index contributed by atoms with van der Waals surface area (Å²) in [7, 11) is 0. The Balaban J connectivity index is 2.45. The summed E-state index contributed by atoms with van der Waals surface area (Å²) in [5, 5.41) is 12.0. The van der Waals surface area contributed by atoms with Crippen LogP contribution in [0.5, 0.6) is 0 Å². The second-order valence-electron chi connectivity index (χ2n) is 4.67. The Bertz CT molecular complexity index is 283. The summed E-state index contributed by atoms with van der Waals surface area (Å²) in [6.45, 7) is 6.22. The number of carbonyl (C=O) groups excluding carboxylic acids is 1. The van der Waals surface area contributed by atoms with E-state index in [-0.39, 0.29) is 5.91 Å². The lowest BCUT2D eigenvalue weighted by molar-refractivity contribution is -0.152. The quantitative estimate of drug-likeness (QED) is 0.744. The molecule has 1 heterocycles. The van der Waals surface area contributed by atoms with E-state index in [9.17, 15) is 14.7 Å². The van der Waals surface area contributed by atoms with E-state index < -0.39 is 11.4 Å². The van der Waals surface area contributed by atoms with Crippen LogP contribution in [-0.4, -0.2) is 48.1 Å². The van der Waals surface area contributed by atoms with E-state index in [4.69, 9.17) is 0 Å². The van der Waals surface area contributed by atoms with Crippen molar-refractivity contribution in [1.82, 2.24) is 10.2 Å². The Kier molecular flexibility index (Phi) is 4.93. The molecule has 5 heteroatoms. The number of aliphatic carboxylic acids is 1. The Morgan fingerprint density at radius 3 is 2.29 bits per heavy atom. The molecule has 98 valence electrons. The van der Waals surface area contributed by atoms with Crippen LogP contribution in [0.2, 0.25) is 0 Å². The van der Waals surface area contributed by atoms with Crippen LogP contribution < -0.4 is 5.32 Å². The molecule has 0 unspecified atom stereocenters. The molecule has 0 saturated carbocycles. The number of nitrogens with one attached hydrogen (secondary N) is 1. The molecule has 0 atom stereocenters. The highest BCUT2D eigenvalue weighted by atomic mass is 16.4. The number of carbonyl (C=O) groups is 2. The van der Waals surface area contributed by atoms with Gasteiger partial charge in [-0.15, -0.1) is 0 Å². The zero-order valence-corrected chi connectivity index (χ0v) is 10.7. The lowest BCUT2D eigenvalue weighted by Crippen LogP contribution is -2.47. The normalized spacial score (nSPS) is 19.9. The Labute approximate surface area is 102 Å². The maximum Gasteiger partial charge on any atom is 0.309 e. The van der Waals surface area contributed by atoms with E-state index in [1.165, 1.54) is 0 Å². The van der Waals surface area contributed by atoms with Crippen molar-refractivity contribution in [3.05, 3.63) is 0 Å². The van der Waals surface area contributed by atoms with Crippen LogP contribution in [0.3, 0.4) is 0 Å². The average molecular weight is 242 g/mol. The molecule has 1 amide bonds. The molecule has 0 aromatic heterocycles. The van der Waals surface area contributed by atoms with Crippen molar-refractivity contribution in [3.63, 3.8) is 0 Å². The highest BCUT2D eigenvalue weighted by molar-refractivity contribution is 5.78. The van der Waals surface area contributed by atoms with Gasteiger partial charge in [-0.25, -0.2) is 0 Å². The molecule has 1 aliphatic rings. The van der Waals surface area contributed by atoms with Crippen molar-refractivity contribution in [2.24, 2.45) is 5.41 Å². The van der Waals surface area contributed by atoms with E-state index in [2.05, 4.69) is 5.32 Å². The summed E-state index contributed by atoms with van der Waals surface area (Å²) in [5.41, 5.74) is -0.572. The van der Waals surface area contributed by atoms with Gasteiger partial charge < -0.3 is 10.4 Å². The number of piperidine rings is 1. The van der Waals surface area contributed by atoms with E-state index in [1.54, 1.807) is 0 Å². The van der Waals surface area contributed by atoms with Gasteiger partial charge in [0.2, 0.25) is 5.91 Å². The molecule has 0 bridgehead atoms. The van der Waals surface area contributed by atoms with Crippen molar-refractivity contribution in [2.45, 2.75) is 33.1 Å². The molecule has 1 rings (SSSR count). The molecule has 1 aliphatic heterocycles. The number of rotatable bonds is 5. The highest BCUT2D eigenvalue weighted by Gasteiger charge is 2.39. The molecular weight excluding hydrogens is 220 g/mol. The summed E-state index contributed by atoms with van der Waals surface area (Å²) in [6, 6.07) is 0. The monoisotopic (exact) mass is 242 g/mol. The van der Waals surface area contributed by atoms with Gasteiger partial charge in [0.15, 0.2) is 0 Å². The van der Waals surface area contributed by atoms with Gasteiger partial charge >= 0.3 is 5.97 Å². The number of amides is 1. The number of carboxylic acid groups (broad SMARTS) is 1.